The molecule has 1 fully saturated rings. The minimum atomic E-state index is -3.76. The van der Waals surface area contributed by atoms with Crippen LogP contribution in [-0.2, 0) is 19.6 Å². The topological polar surface area (TPSA) is 108 Å². The van der Waals surface area contributed by atoms with Crippen LogP contribution in [0.25, 0.3) is 0 Å². The second-order valence-electron chi connectivity index (χ2n) is 7.71. The van der Waals surface area contributed by atoms with Crippen molar-refractivity contribution in [2.24, 2.45) is 5.92 Å². The summed E-state index contributed by atoms with van der Waals surface area (Å²) in [6.07, 6.45) is 1.64. The molecule has 1 atom stereocenters. The molecule has 2 N–H and O–H groups in total. The van der Waals surface area contributed by atoms with Gasteiger partial charge in [-0.2, -0.15) is 0 Å². The van der Waals surface area contributed by atoms with Crippen molar-refractivity contribution >= 4 is 49.7 Å². The van der Waals surface area contributed by atoms with Crippen molar-refractivity contribution in [1.82, 2.24) is 4.98 Å². The number of nitrogens with one attached hydrogen (secondary N) is 2. The fraction of sp³-hybridized carbons (Fsp3) is 0.227. The maximum Gasteiger partial charge on any atom is 0.263 e. The van der Waals surface area contributed by atoms with Gasteiger partial charge in [0.15, 0.2) is 5.13 Å². The van der Waals surface area contributed by atoms with E-state index in [9.17, 15) is 18.0 Å². The van der Waals surface area contributed by atoms with Crippen LogP contribution in [0.3, 0.4) is 0 Å². The first-order valence-corrected chi connectivity index (χ1v) is 12.3. The SMILES string of the molecule is Cc1cc(C)cc(N2CC(C(=O)Nc3ccc(S(=O)(=O)Nc4nccs4)cc3)CC2=O)c1. The van der Waals surface area contributed by atoms with E-state index in [4.69, 9.17) is 0 Å². The standard InChI is InChI=1S/C22H22N4O4S2/c1-14-9-15(2)11-18(10-14)26-13-16(12-20(26)27)21(28)24-17-3-5-19(6-4-17)32(29,30)25-22-23-7-8-31-22/h3-11,16H,12-13H2,1-2H3,(H,23,25)(H,24,28). The first-order valence-electron chi connectivity index (χ1n) is 9.93. The summed E-state index contributed by atoms with van der Waals surface area (Å²) >= 11 is 1.18. The molecule has 0 radical (unpaired) electrons. The average Bonchev–Trinajstić information content (AvgIpc) is 3.37. The zero-order valence-corrected chi connectivity index (χ0v) is 19.2. The first-order chi connectivity index (χ1) is 15.2. The molecule has 0 saturated carbocycles. The molecule has 10 heteroatoms. The third-order valence-electron chi connectivity index (χ3n) is 5.10. The fourth-order valence-corrected chi connectivity index (χ4v) is 5.44. The van der Waals surface area contributed by atoms with Gasteiger partial charge in [-0.15, -0.1) is 11.3 Å². The zero-order chi connectivity index (χ0) is 22.9. The lowest BCUT2D eigenvalue weighted by Crippen LogP contribution is -2.28. The molecule has 0 bridgehead atoms. The molecule has 0 aliphatic carbocycles. The van der Waals surface area contributed by atoms with Crippen LogP contribution < -0.4 is 14.9 Å². The number of thiazole rings is 1. The molecule has 166 valence electrons. The molecule has 3 aromatic rings. The summed E-state index contributed by atoms with van der Waals surface area (Å²) in [6, 6.07) is 11.8. The lowest BCUT2D eigenvalue weighted by molar-refractivity contribution is -0.122. The second-order valence-corrected chi connectivity index (χ2v) is 10.3. The highest BCUT2D eigenvalue weighted by molar-refractivity contribution is 7.93. The third-order valence-corrected chi connectivity index (χ3v) is 7.27. The Morgan fingerprint density at radius 2 is 1.81 bits per heavy atom. The zero-order valence-electron chi connectivity index (χ0n) is 17.5. The van der Waals surface area contributed by atoms with E-state index in [0.29, 0.717) is 12.2 Å². The Balaban J connectivity index is 1.41. The Labute approximate surface area is 190 Å². The molecule has 2 amide bonds. The van der Waals surface area contributed by atoms with Gasteiger partial charge in [0.25, 0.3) is 10.0 Å². The number of nitrogens with zero attached hydrogens (tertiary/aromatic N) is 2. The van der Waals surface area contributed by atoms with Gasteiger partial charge >= 0.3 is 0 Å². The Morgan fingerprint density at radius 3 is 2.44 bits per heavy atom. The number of anilines is 3. The number of carbonyl (C=O) groups excluding carboxylic acids is 2. The van der Waals surface area contributed by atoms with Crippen LogP contribution in [0.1, 0.15) is 17.5 Å². The average molecular weight is 471 g/mol. The van der Waals surface area contributed by atoms with Crippen molar-refractivity contribution < 1.29 is 18.0 Å². The van der Waals surface area contributed by atoms with Gasteiger partial charge in [-0.3, -0.25) is 14.3 Å². The Hall–Kier alpha value is -3.24. The summed E-state index contributed by atoms with van der Waals surface area (Å²) in [5, 5.41) is 4.73. The summed E-state index contributed by atoms with van der Waals surface area (Å²) in [4.78, 5) is 30.9. The maximum atomic E-state index is 12.7. The van der Waals surface area contributed by atoms with Crippen LogP contribution in [-0.4, -0.2) is 31.8 Å². The molecule has 32 heavy (non-hydrogen) atoms. The van der Waals surface area contributed by atoms with Crippen LogP contribution in [0.5, 0.6) is 0 Å². The summed E-state index contributed by atoms with van der Waals surface area (Å²) in [5.74, 6) is -0.857. The minimum Gasteiger partial charge on any atom is -0.326 e. The van der Waals surface area contributed by atoms with Crippen LogP contribution in [0.2, 0.25) is 0 Å². The molecule has 1 saturated heterocycles. The van der Waals surface area contributed by atoms with E-state index in [1.165, 1.54) is 41.8 Å². The molecule has 2 heterocycles. The Morgan fingerprint density at radius 1 is 1.12 bits per heavy atom. The van der Waals surface area contributed by atoms with Crippen LogP contribution in [0.4, 0.5) is 16.5 Å². The van der Waals surface area contributed by atoms with Crippen molar-refractivity contribution in [2.45, 2.75) is 25.2 Å². The van der Waals surface area contributed by atoms with Gasteiger partial charge in [0.1, 0.15) is 0 Å². The molecule has 8 nitrogen and oxygen atoms in total. The molecule has 0 spiro atoms. The van der Waals surface area contributed by atoms with E-state index in [0.717, 1.165) is 16.8 Å². The maximum absolute atomic E-state index is 12.7. The number of hydrogen-bond donors (Lipinski definition) is 2. The lowest BCUT2D eigenvalue weighted by atomic mass is 10.1. The van der Waals surface area contributed by atoms with E-state index in [1.54, 1.807) is 10.3 Å². The van der Waals surface area contributed by atoms with E-state index in [2.05, 4.69) is 15.0 Å². The predicted molar refractivity (Wildman–Crippen MR) is 124 cm³/mol. The number of rotatable bonds is 6. The molecule has 2 aromatic carbocycles. The van der Waals surface area contributed by atoms with Gasteiger partial charge in [-0.1, -0.05) is 6.07 Å². The van der Waals surface area contributed by atoms with Gasteiger partial charge in [-0.05, 0) is 61.4 Å². The highest BCUT2D eigenvalue weighted by Crippen LogP contribution is 2.28. The van der Waals surface area contributed by atoms with Crippen molar-refractivity contribution in [3.63, 3.8) is 0 Å². The summed E-state index contributed by atoms with van der Waals surface area (Å²) in [6.45, 7) is 4.24. The molecular weight excluding hydrogens is 448 g/mol. The molecule has 1 aromatic heterocycles. The second kappa shape index (κ2) is 8.71. The number of amides is 2. The minimum absolute atomic E-state index is 0.0581. The van der Waals surface area contributed by atoms with Crippen molar-refractivity contribution in [2.75, 3.05) is 21.5 Å². The van der Waals surface area contributed by atoms with E-state index < -0.39 is 15.9 Å². The van der Waals surface area contributed by atoms with Gasteiger partial charge in [0.05, 0.1) is 10.8 Å². The number of sulfonamides is 1. The van der Waals surface area contributed by atoms with Gasteiger partial charge in [0.2, 0.25) is 11.8 Å². The smallest absolute Gasteiger partial charge is 0.263 e. The molecule has 1 aliphatic rings. The molecule has 1 unspecified atom stereocenters. The number of aryl methyl sites for hydroxylation is 2. The summed E-state index contributed by atoms with van der Waals surface area (Å²) in [5.41, 5.74) is 3.37. The normalized spacial score (nSPS) is 16.2. The van der Waals surface area contributed by atoms with Crippen LogP contribution in [0, 0.1) is 19.8 Å². The van der Waals surface area contributed by atoms with E-state index in [-0.39, 0.29) is 28.3 Å². The summed E-state index contributed by atoms with van der Waals surface area (Å²) in [7, 11) is -3.76. The first kappa shape index (κ1) is 22.0. The van der Waals surface area contributed by atoms with Gasteiger partial charge < -0.3 is 10.2 Å². The monoisotopic (exact) mass is 470 g/mol. The molecule has 1 aliphatic heterocycles. The number of carbonyl (C=O) groups is 2. The molecular formula is C22H22N4O4S2. The van der Waals surface area contributed by atoms with Crippen molar-refractivity contribution in [3.05, 3.63) is 65.2 Å². The van der Waals surface area contributed by atoms with E-state index >= 15 is 0 Å². The van der Waals surface area contributed by atoms with Gasteiger partial charge in [0, 0.05) is 35.9 Å². The van der Waals surface area contributed by atoms with Crippen molar-refractivity contribution in [3.8, 4) is 0 Å². The largest absolute Gasteiger partial charge is 0.326 e. The number of benzene rings is 2. The molecule has 4 rings (SSSR count). The third kappa shape index (κ3) is 4.81. The highest BCUT2D eigenvalue weighted by Gasteiger charge is 2.35. The quantitative estimate of drug-likeness (QED) is 0.573. The van der Waals surface area contributed by atoms with Crippen LogP contribution >= 0.6 is 11.3 Å². The Kier molecular flexibility index (Phi) is 5.98. The predicted octanol–water partition coefficient (Wildman–Crippen LogP) is 3.55. The van der Waals surface area contributed by atoms with Crippen molar-refractivity contribution in [1.29, 1.82) is 0 Å². The van der Waals surface area contributed by atoms with Gasteiger partial charge in [-0.25, -0.2) is 13.4 Å². The lowest BCUT2D eigenvalue weighted by Gasteiger charge is -2.18. The summed E-state index contributed by atoms with van der Waals surface area (Å²) < 4.78 is 27.2. The number of hydrogen-bond acceptors (Lipinski definition) is 6. The Bertz CT molecular complexity index is 1240. The fourth-order valence-electron chi connectivity index (χ4n) is 3.65. The number of aromatic nitrogens is 1. The highest BCUT2D eigenvalue weighted by atomic mass is 32.2. The van der Waals surface area contributed by atoms with Crippen LogP contribution in [0.15, 0.2) is 58.9 Å². The van der Waals surface area contributed by atoms with E-state index in [1.807, 2.05) is 32.0 Å².